The molecule has 1 amide bonds. The van der Waals surface area contributed by atoms with E-state index in [1.165, 1.54) is 0 Å². The lowest BCUT2D eigenvalue weighted by Gasteiger charge is -2.10. The number of aromatic nitrogens is 1. The first-order valence-corrected chi connectivity index (χ1v) is 8.93. The van der Waals surface area contributed by atoms with Crippen LogP contribution in [0, 0.1) is 0 Å². The summed E-state index contributed by atoms with van der Waals surface area (Å²) in [6, 6.07) is 23.1. The van der Waals surface area contributed by atoms with Gasteiger partial charge in [0.1, 0.15) is 5.69 Å². The van der Waals surface area contributed by atoms with Crippen LogP contribution in [-0.4, -0.2) is 10.9 Å². The number of benzene rings is 3. The van der Waals surface area contributed by atoms with Crippen molar-refractivity contribution in [1.29, 1.82) is 0 Å². The summed E-state index contributed by atoms with van der Waals surface area (Å²) in [5, 5.41) is 4.50. The lowest BCUT2D eigenvalue weighted by Crippen LogP contribution is -2.12. The van der Waals surface area contributed by atoms with Crippen molar-refractivity contribution in [3.05, 3.63) is 95.7 Å². The largest absolute Gasteiger partial charge is 0.351 e. The van der Waals surface area contributed by atoms with Crippen LogP contribution in [0.4, 0.5) is 5.69 Å². The molecule has 1 aromatic heterocycles. The van der Waals surface area contributed by atoms with Crippen molar-refractivity contribution >= 4 is 40.2 Å². The molecule has 3 nitrogen and oxygen atoms in total. The van der Waals surface area contributed by atoms with Crippen molar-refractivity contribution in [2.24, 2.45) is 0 Å². The highest BCUT2D eigenvalue weighted by atomic mass is 35.5. The number of rotatable bonds is 4. The number of amides is 1. The Morgan fingerprint density at radius 3 is 2.59 bits per heavy atom. The fourth-order valence-electron chi connectivity index (χ4n) is 3.10. The van der Waals surface area contributed by atoms with Crippen LogP contribution in [0.25, 0.3) is 28.1 Å². The van der Waals surface area contributed by atoms with E-state index < -0.39 is 0 Å². The SMILES string of the molecule is C=Cc1ccc(NC(=O)c2cc3cc(Cl)ccc3[nH]2)cc1-c1ccccc1. The van der Waals surface area contributed by atoms with Gasteiger partial charge in [0, 0.05) is 21.6 Å². The Morgan fingerprint density at radius 1 is 1.00 bits per heavy atom. The molecule has 0 unspecified atom stereocenters. The zero-order valence-corrected chi connectivity index (χ0v) is 15.3. The molecule has 0 saturated carbocycles. The summed E-state index contributed by atoms with van der Waals surface area (Å²) < 4.78 is 0. The Hall–Kier alpha value is -3.30. The summed E-state index contributed by atoms with van der Waals surface area (Å²) >= 11 is 6.02. The van der Waals surface area contributed by atoms with Crippen LogP contribution in [-0.2, 0) is 0 Å². The normalized spacial score (nSPS) is 10.7. The molecule has 132 valence electrons. The summed E-state index contributed by atoms with van der Waals surface area (Å²) in [6.07, 6.45) is 1.81. The zero-order chi connectivity index (χ0) is 18.8. The molecule has 0 aliphatic heterocycles. The quantitative estimate of drug-likeness (QED) is 0.428. The number of carbonyl (C=O) groups excluding carboxylic acids is 1. The molecule has 4 heteroatoms. The van der Waals surface area contributed by atoms with Gasteiger partial charge in [-0.15, -0.1) is 0 Å². The average molecular weight is 373 g/mol. The monoisotopic (exact) mass is 372 g/mol. The van der Waals surface area contributed by atoms with Crippen LogP contribution in [0.1, 0.15) is 16.1 Å². The maximum Gasteiger partial charge on any atom is 0.272 e. The first kappa shape index (κ1) is 17.1. The van der Waals surface area contributed by atoms with E-state index in [1.807, 2.05) is 66.7 Å². The number of hydrogen-bond donors (Lipinski definition) is 2. The summed E-state index contributed by atoms with van der Waals surface area (Å²) in [5.41, 5.74) is 5.19. The predicted octanol–water partition coefficient (Wildman–Crippen LogP) is 6.38. The van der Waals surface area contributed by atoms with Crippen LogP contribution >= 0.6 is 11.6 Å². The summed E-state index contributed by atoms with van der Waals surface area (Å²) in [5.74, 6) is -0.201. The van der Waals surface area contributed by atoms with Gasteiger partial charge < -0.3 is 10.3 Å². The number of fused-ring (bicyclic) bond motifs is 1. The van der Waals surface area contributed by atoms with Gasteiger partial charge in [-0.1, -0.05) is 60.7 Å². The van der Waals surface area contributed by atoms with Gasteiger partial charge in [0.15, 0.2) is 0 Å². The summed E-state index contributed by atoms with van der Waals surface area (Å²) in [7, 11) is 0. The third kappa shape index (κ3) is 3.50. The predicted molar refractivity (Wildman–Crippen MR) is 113 cm³/mol. The van der Waals surface area contributed by atoms with Crippen LogP contribution in [0.15, 0.2) is 79.4 Å². The number of hydrogen-bond acceptors (Lipinski definition) is 1. The van der Waals surface area contributed by atoms with Gasteiger partial charge in [-0.05, 0) is 53.1 Å². The van der Waals surface area contributed by atoms with Crippen molar-refractivity contribution in [2.45, 2.75) is 0 Å². The van der Waals surface area contributed by atoms with Crippen molar-refractivity contribution in [2.75, 3.05) is 5.32 Å². The van der Waals surface area contributed by atoms with Gasteiger partial charge >= 0.3 is 0 Å². The van der Waals surface area contributed by atoms with Gasteiger partial charge in [0.2, 0.25) is 0 Å². The highest BCUT2D eigenvalue weighted by Gasteiger charge is 2.12. The lowest BCUT2D eigenvalue weighted by atomic mass is 9.99. The molecule has 4 aromatic rings. The lowest BCUT2D eigenvalue weighted by molar-refractivity contribution is 0.102. The molecule has 0 saturated heterocycles. The Labute approximate surface area is 162 Å². The second kappa shape index (κ2) is 7.14. The minimum absolute atomic E-state index is 0.201. The van der Waals surface area contributed by atoms with Gasteiger partial charge in [-0.3, -0.25) is 4.79 Å². The van der Waals surface area contributed by atoms with E-state index in [-0.39, 0.29) is 5.91 Å². The molecule has 0 radical (unpaired) electrons. The van der Waals surface area contributed by atoms with E-state index in [4.69, 9.17) is 11.6 Å². The number of H-pyrrole nitrogens is 1. The van der Waals surface area contributed by atoms with Crippen LogP contribution in [0.2, 0.25) is 5.02 Å². The number of carbonyl (C=O) groups is 1. The maximum absolute atomic E-state index is 12.7. The number of halogens is 1. The molecule has 3 aromatic carbocycles. The van der Waals surface area contributed by atoms with E-state index >= 15 is 0 Å². The van der Waals surface area contributed by atoms with Gasteiger partial charge in [0.05, 0.1) is 0 Å². The number of nitrogens with one attached hydrogen (secondary N) is 2. The molecule has 0 atom stereocenters. The minimum Gasteiger partial charge on any atom is -0.351 e. The fraction of sp³-hybridized carbons (Fsp3) is 0. The molecule has 0 spiro atoms. The Kier molecular flexibility index (Phi) is 4.53. The summed E-state index contributed by atoms with van der Waals surface area (Å²) in [6.45, 7) is 3.88. The Morgan fingerprint density at radius 2 is 1.81 bits per heavy atom. The zero-order valence-electron chi connectivity index (χ0n) is 14.5. The molecule has 0 fully saturated rings. The molecular formula is C23H17ClN2O. The highest BCUT2D eigenvalue weighted by Crippen LogP contribution is 2.28. The Bertz CT molecular complexity index is 1150. The van der Waals surface area contributed by atoms with Gasteiger partial charge in [-0.2, -0.15) is 0 Å². The average Bonchev–Trinajstić information content (AvgIpc) is 3.12. The smallest absolute Gasteiger partial charge is 0.272 e. The minimum atomic E-state index is -0.201. The van der Waals surface area contributed by atoms with Crippen LogP contribution < -0.4 is 5.32 Å². The van der Waals surface area contributed by atoms with Crippen molar-refractivity contribution in [3.8, 4) is 11.1 Å². The van der Waals surface area contributed by atoms with E-state index in [9.17, 15) is 4.79 Å². The third-order valence-electron chi connectivity index (χ3n) is 4.44. The van der Waals surface area contributed by atoms with Crippen molar-refractivity contribution in [3.63, 3.8) is 0 Å². The molecular weight excluding hydrogens is 356 g/mol. The van der Waals surface area contributed by atoms with Crippen LogP contribution in [0.3, 0.4) is 0 Å². The second-order valence-corrected chi connectivity index (χ2v) is 6.68. The molecule has 1 heterocycles. The van der Waals surface area contributed by atoms with E-state index in [0.29, 0.717) is 10.7 Å². The van der Waals surface area contributed by atoms with Crippen molar-refractivity contribution in [1.82, 2.24) is 4.98 Å². The van der Waals surface area contributed by atoms with Gasteiger partial charge in [-0.25, -0.2) is 0 Å². The fourth-order valence-corrected chi connectivity index (χ4v) is 3.28. The molecule has 27 heavy (non-hydrogen) atoms. The molecule has 2 N–H and O–H groups in total. The first-order chi connectivity index (χ1) is 13.1. The van der Waals surface area contributed by atoms with E-state index in [0.717, 1.165) is 33.3 Å². The summed E-state index contributed by atoms with van der Waals surface area (Å²) in [4.78, 5) is 15.8. The third-order valence-corrected chi connectivity index (χ3v) is 4.68. The first-order valence-electron chi connectivity index (χ1n) is 8.55. The Balaban J connectivity index is 1.65. The standard InChI is InChI=1S/C23H17ClN2O/c1-2-15-8-10-19(14-20(15)16-6-4-3-5-7-16)25-23(27)22-13-17-12-18(24)9-11-21(17)26-22/h2-14,26H,1H2,(H,25,27). The molecule has 4 rings (SSSR count). The van der Waals surface area contributed by atoms with E-state index in [2.05, 4.69) is 16.9 Å². The van der Waals surface area contributed by atoms with E-state index in [1.54, 1.807) is 12.1 Å². The molecule has 0 aliphatic rings. The van der Waals surface area contributed by atoms with Crippen molar-refractivity contribution < 1.29 is 4.79 Å². The topological polar surface area (TPSA) is 44.9 Å². The number of anilines is 1. The molecule has 0 bridgehead atoms. The maximum atomic E-state index is 12.7. The second-order valence-electron chi connectivity index (χ2n) is 6.24. The number of aromatic amines is 1. The van der Waals surface area contributed by atoms with Crippen LogP contribution in [0.5, 0.6) is 0 Å². The van der Waals surface area contributed by atoms with Gasteiger partial charge in [0.25, 0.3) is 5.91 Å². The highest BCUT2D eigenvalue weighted by molar-refractivity contribution is 6.31. The molecule has 0 aliphatic carbocycles.